The Balaban J connectivity index is 1.85. The molecule has 1 aliphatic rings. The van der Waals surface area contributed by atoms with E-state index in [1.54, 1.807) is 0 Å². The average molecular weight is 222 g/mol. The molecule has 0 amide bonds. The molecule has 0 bridgehead atoms. The van der Waals surface area contributed by atoms with Crippen molar-refractivity contribution in [2.45, 2.75) is 51.5 Å². The molecule has 0 aliphatic carbocycles. The first-order chi connectivity index (χ1) is 7.90. The Kier molecular flexibility index (Phi) is 4.40. The van der Waals surface area contributed by atoms with E-state index in [0.29, 0.717) is 6.04 Å². The van der Waals surface area contributed by atoms with E-state index >= 15 is 0 Å². The van der Waals surface area contributed by atoms with Gasteiger partial charge in [0.1, 0.15) is 0 Å². The largest absolute Gasteiger partial charge is 0.381 e. The first kappa shape index (κ1) is 11.6. The first-order valence-electron chi connectivity index (χ1n) is 6.51. The minimum absolute atomic E-state index is 0.564. The number of unbranched alkanes of at least 4 members (excludes halogenated alkanes) is 2. The van der Waals surface area contributed by atoms with Crippen molar-refractivity contribution in [3.8, 4) is 0 Å². The lowest BCUT2D eigenvalue weighted by Crippen LogP contribution is -2.19. The van der Waals surface area contributed by atoms with E-state index in [1.807, 2.05) is 6.20 Å². The quantitative estimate of drug-likeness (QED) is 0.716. The summed E-state index contributed by atoms with van der Waals surface area (Å²) >= 11 is 0. The Morgan fingerprint density at radius 2 is 2.19 bits per heavy atom. The summed E-state index contributed by atoms with van der Waals surface area (Å²) in [5, 5.41) is 4.48. The van der Waals surface area contributed by atoms with Crippen LogP contribution >= 0.6 is 0 Å². The highest BCUT2D eigenvalue weighted by Crippen LogP contribution is 2.20. The number of aryl methyl sites for hydroxylation is 1. The van der Waals surface area contributed by atoms with Crippen LogP contribution in [0.4, 0.5) is 0 Å². The predicted octanol–water partition coefficient (Wildman–Crippen LogP) is 2.97. The van der Waals surface area contributed by atoms with Crippen LogP contribution in [0, 0.1) is 0 Å². The Hall–Kier alpha value is -0.830. The summed E-state index contributed by atoms with van der Waals surface area (Å²) in [6.07, 6.45) is 11.5. The number of rotatable bonds is 5. The summed E-state index contributed by atoms with van der Waals surface area (Å²) < 4.78 is 7.51. The van der Waals surface area contributed by atoms with Gasteiger partial charge >= 0.3 is 0 Å². The third-order valence-corrected chi connectivity index (χ3v) is 3.29. The second-order valence-electron chi connectivity index (χ2n) is 4.63. The van der Waals surface area contributed by atoms with Gasteiger partial charge in [0.05, 0.1) is 12.2 Å². The molecule has 0 aromatic carbocycles. The molecule has 0 saturated carbocycles. The minimum Gasteiger partial charge on any atom is -0.381 e. The molecule has 0 spiro atoms. The maximum Gasteiger partial charge on any atom is 0.0563 e. The molecule has 1 aliphatic heterocycles. The number of nitrogens with zero attached hydrogens (tertiary/aromatic N) is 2. The van der Waals surface area contributed by atoms with Crippen LogP contribution in [0.15, 0.2) is 12.4 Å². The van der Waals surface area contributed by atoms with Crippen LogP contribution in [0.1, 0.15) is 50.6 Å². The van der Waals surface area contributed by atoms with Gasteiger partial charge in [-0.3, -0.25) is 4.68 Å². The fourth-order valence-corrected chi connectivity index (χ4v) is 2.23. The number of hydrogen-bond acceptors (Lipinski definition) is 2. The van der Waals surface area contributed by atoms with Crippen LogP contribution in [0.2, 0.25) is 0 Å². The molecular weight excluding hydrogens is 200 g/mol. The van der Waals surface area contributed by atoms with Gasteiger partial charge in [0, 0.05) is 19.4 Å². The molecule has 0 radical (unpaired) electrons. The van der Waals surface area contributed by atoms with Crippen molar-refractivity contribution in [3.05, 3.63) is 18.0 Å². The standard InChI is InChI=1S/C13H22N2O/c1-2-3-4-5-12-10-14-15(11-12)13-6-8-16-9-7-13/h10-11,13H,2-9H2,1H3. The van der Waals surface area contributed by atoms with Gasteiger partial charge in [-0.1, -0.05) is 19.8 Å². The summed E-state index contributed by atoms with van der Waals surface area (Å²) in [6, 6.07) is 0.564. The van der Waals surface area contributed by atoms with Crippen molar-refractivity contribution in [1.29, 1.82) is 0 Å². The van der Waals surface area contributed by atoms with Gasteiger partial charge in [-0.2, -0.15) is 5.10 Å². The molecule has 1 aromatic rings. The average Bonchev–Trinajstić information content (AvgIpc) is 2.79. The van der Waals surface area contributed by atoms with E-state index in [0.717, 1.165) is 26.1 Å². The fourth-order valence-electron chi connectivity index (χ4n) is 2.23. The highest BCUT2D eigenvalue weighted by Gasteiger charge is 2.16. The van der Waals surface area contributed by atoms with E-state index in [-0.39, 0.29) is 0 Å². The highest BCUT2D eigenvalue weighted by atomic mass is 16.5. The van der Waals surface area contributed by atoms with Crippen LogP contribution < -0.4 is 0 Å². The van der Waals surface area contributed by atoms with E-state index in [9.17, 15) is 0 Å². The molecule has 3 nitrogen and oxygen atoms in total. The molecule has 1 aromatic heterocycles. The highest BCUT2D eigenvalue weighted by molar-refractivity contribution is 5.04. The third kappa shape index (κ3) is 3.08. The molecule has 3 heteroatoms. The van der Waals surface area contributed by atoms with Crippen LogP contribution in [0.3, 0.4) is 0 Å². The van der Waals surface area contributed by atoms with Gasteiger partial charge in [-0.25, -0.2) is 0 Å². The maximum absolute atomic E-state index is 5.37. The van der Waals surface area contributed by atoms with E-state index in [4.69, 9.17) is 4.74 Å². The Morgan fingerprint density at radius 3 is 2.94 bits per heavy atom. The second-order valence-corrected chi connectivity index (χ2v) is 4.63. The lowest BCUT2D eigenvalue weighted by atomic mass is 10.1. The summed E-state index contributed by atoms with van der Waals surface area (Å²) in [5.74, 6) is 0. The fraction of sp³-hybridized carbons (Fsp3) is 0.769. The smallest absolute Gasteiger partial charge is 0.0563 e. The van der Waals surface area contributed by atoms with E-state index < -0.39 is 0 Å². The van der Waals surface area contributed by atoms with Crippen molar-refractivity contribution >= 4 is 0 Å². The Bertz CT molecular complexity index is 303. The molecule has 90 valence electrons. The Morgan fingerprint density at radius 1 is 1.38 bits per heavy atom. The summed E-state index contributed by atoms with van der Waals surface area (Å²) in [6.45, 7) is 4.01. The molecule has 2 heterocycles. The minimum atomic E-state index is 0.564. The summed E-state index contributed by atoms with van der Waals surface area (Å²) in [4.78, 5) is 0. The lowest BCUT2D eigenvalue weighted by molar-refractivity contribution is 0.0662. The SMILES string of the molecule is CCCCCc1cnn(C2CCOCC2)c1. The second kappa shape index (κ2) is 6.04. The normalized spacial score (nSPS) is 17.8. The Labute approximate surface area is 97.8 Å². The lowest BCUT2D eigenvalue weighted by Gasteiger charge is -2.22. The monoisotopic (exact) mass is 222 g/mol. The molecule has 0 unspecified atom stereocenters. The van der Waals surface area contributed by atoms with Crippen LogP contribution in [0.5, 0.6) is 0 Å². The van der Waals surface area contributed by atoms with Gasteiger partial charge in [0.25, 0.3) is 0 Å². The molecule has 1 fully saturated rings. The zero-order valence-electron chi connectivity index (χ0n) is 10.2. The van der Waals surface area contributed by atoms with Gasteiger partial charge < -0.3 is 4.74 Å². The van der Waals surface area contributed by atoms with Crippen molar-refractivity contribution in [1.82, 2.24) is 9.78 Å². The van der Waals surface area contributed by atoms with Crippen molar-refractivity contribution in [2.75, 3.05) is 13.2 Å². The number of hydrogen-bond donors (Lipinski definition) is 0. The molecule has 1 saturated heterocycles. The molecule has 16 heavy (non-hydrogen) atoms. The first-order valence-corrected chi connectivity index (χ1v) is 6.51. The molecule has 0 atom stereocenters. The van der Waals surface area contributed by atoms with Gasteiger partial charge in [0.15, 0.2) is 0 Å². The molecule has 2 rings (SSSR count). The van der Waals surface area contributed by atoms with Gasteiger partial charge in [0.2, 0.25) is 0 Å². The number of aromatic nitrogens is 2. The third-order valence-electron chi connectivity index (χ3n) is 3.29. The van der Waals surface area contributed by atoms with E-state index in [1.165, 1.54) is 31.2 Å². The zero-order chi connectivity index (χ0) is 11.2. The number of ether oxygens (including phenoxy) is 1. The predicted molar refractivity (Wildman–Crippen MR) is 64.5 cm³/mol. The van der Waals surface area contributed by atoms with Crippen molar-refractivity contribution < 1.29 is 4.74 Å². The molecule has 0 N–H and O–H groups in total. The van der Waals surface area contributed by atoms with Crippen molar-refractivity contribution in [2.24, 2.45) is 0 Å². The summed E-state index contributed by atoms with van der Waals surface area (Å²) in [7, 11) is 0. The van der Waals surface area contributed by atoms with Gasteiger partial charge in [-0.05, 0) is 31.2 Å². The van der Waals surface area contributed by atoms with Crippen LogP contribution in [0.25, 0.3) is 0 Å². The van der Waals surface area contributed by atoms with Gasteiger partial charge in [-0.15, -0.1) is 0 Å². The molecular formula is C13H22N2O. The zero-order valence-corrected chi connectivity index (χ0v) is 10.2. The van der Waals surface area contributed by atoms with Crippen LogP contribution in [-0.2, 0) is 11.2 Å². The van der Waals surface area contributed by atoms with Crippen LogP contribution in [-0.4, -0.2) is 23.0 Å². The maximum atomic E-state index is 5.37. The topological polar surface area (TPSA) is 27.1 Å². The van der Waals surface area contributed by atoms with E-state index in [2.05, 4.69) is 22.9 Å². The summed E-state index contributed by atoms with van der Waals surface area (Å²) in [5.41, 5.74) is 1.39. The van der Waals surface area contributed by atoms with Crippen molar-refractivity contribution in [3.63, 3.8) is 0 Å².